The van der Waals surface area contributed by atoms with Gasteiger partial charge in [-0.25, -0.2) is 14.4 Å². The van der Waals surface area contributed by atoms with E-state index in [9.17, 15) is 4.39 Å². The summed E-state index contributed by atoms with van der Waals surface area (Å²) in [5.41, 5.74) is 0.283. The second-order valence-electron chi connectivity index (χ2n) is 4.49. The quantitative estimate of drug-likeness (QED) is 0.868. The van der Waals surface area contributed by atoms with Crippen molar-refractivity contribution in [3.8, 4) is 6.07 Å². The number of rotatable bonds is 3. The van der Waals surface area contributed by atoms with Crippen LogP contribution in [-0.2, 0) is 0 Å². The summed E-state index contributed by atoms with van der Waals surface area (Å²) in [6, 6.07) is 7.70. The summed E-state index contributed by atoms with van der Waals surface area (Å²) in [4.78, 5) is 8.41. The smallest absolute Gasteiger partial charge is 0.143 e. The Balaban J connectivity index is 2.41. The fourth-order valence-corrected chi connectivity index (χ4v) is 1.83. The monoisotopic (exact) mass is 290 g/mol. The number of benzene rings is 1. The second-order valence-corrected chi connectivity index (χ2v) is 4.88. The van der Waals surface area contributed by atoms with E-state index in [2.05, 4.69) is 15.3 Å². The number of nitriles is 1. The first-order chi connectivity index (χ1) is 9.51. The summed E-state index contributed by atoms with van der Waals surface area (Å²) in [6.45, 7) is 3.89. The Kier molecular flexibility index (Phi) is 4.16. The third kappa shape index (κ3) is 3.03. The highest BCUT2D eigenvalue weighted by molar-refractivity contribution is 6.29. The molecule has 0 aliphatic carbocycles. The SMILES string of the molecule is CC(C)c1nc(Cl)cc(Nc2cccc(F)c2C#N)n1. The van der Waals surface area contributed by atoms with Crippen LogP contribution in [0.2, 0.25) is 5.15 Å². The van der Waals surface area contributed by atoms with Crippen LogP contribution < -0.4 is 5.32 Å². The molecule has 1 aromatic heterocycles. The van der Waals surface area contributed by atoms with Crippen molar-refractivity contribution < 1.29 is 4.39 Å². The molecule has 102 valence electrons. The average molecular weight is 291 g/mol. The third-order valence-corrected chi connectivity index (χ3v) is 2.81. The number of hydrogen-bond donors (Lipinski definition) is 1. The van der Waals surface area contributed by atoms with Crippen molar-refractivity contribution in [2.24, 2.45) is 0 Å². The van der Waals surface area contributed by atoms with Crippen LogP contribution in [0.25, 0.3) is 0 Å². The molecule has 1 heterocycles. The lowest BCUT2D eigenvalue weighted by molar-refractivity contribution is 0.624. The Morgan fingerprint density at radius 1 is 1.35 bits per heavy atom. The summed E-state index contributed by atoms with van der Waals surface area (Å²) in [5, 5.41) is 12.2. The van der Waals surface area contributed by atoms with Crippen molar-refractivity contribution in [2.75, 3.05) is 5.32 Å². The zero-order valence-electron chi connectivity index (χ0n) is 11.0. The van der Waals surface area contributed by atoms with E-state index in [0.29, 0.717) is 22.5 Å². The molecule has 1 aromatic carbocycles. The van der Waals surface area contributed by atoms with Crippen molar-refractivity contribution in [1.82, 2.24) is 9.97 Å². The highest BCUT2D eigenvalue weighted by atomic mass is 35.5. The van der Waals surface area contributed by atoms with Gasteiger partial charge in [0.1, 0.15) is 34.2 Å². The number of nitrogens with zero attached hydrogens (tertiary/aromatic N) is 3. The van der Waals surface area contributed by atoms with E-state index in [1.165, 1.54) is 18.2 Å². The van der Waals surface area contributed by atoms with Crippen LogP contribution in [0.5, 0.6) is 0 Å². The lowest BCUT2D eigenvalue weighted by Crippen LogP contribution is -2.03. The van der Waals surface area contributed by atoms with Gasteiger partial charge in [-0.15, -0.1) is 0 Å². The molecule has 0 radical (unpaired) electrons. The zero-order valence-corrected chi connectivity index (χ0v) is 11.7. The molecule has 1 N–H and O–H groups in total. The summed E-state index contributed by atoms with van der Waals surface area (Å²) < 4.78 is 13.5. The number of nitrogens with one attached hydrogen (secondary N) is 1. The first-order valence-corrected chi connectivity index (χ1v) is 6.39. The Labute approximate surface area is 121 Å². The number of aromatic nitrogens is 2. The van der Waals surface area contributed by atoms with Crippen molar-refractivity contribution in [1.29, 1.82) is 5.26 Å². The maximum Gasteiger partial charge on any atom is 0.143 e. The molecular weight excluding hydrogens is 279 g/mol. The van der Waals surface area contributed by atoms with Gasteiger partial charge in [-0.05, 0) is 12.1 Å². The minimum Gasteiger partial charge on any atom is -0.339 e. The van der Waals surface area contributed by atoms with Gasteiger partial charge in [0.2, 0.25) is 0 Å². The van der Waals surface area contributed by atoms with Crippen molar-refractivity contribution >= 4 is 23.1 Å². The molecule has 0 bridgehead atoms. The molecule has 6 heteroatoms. The van der Waals surface area contributed by atoms with E-state index >= 15 is 0 Å². The van der Waals surface area contributed by atoms with Gasteiger partial charge in [-0.3, -0.25) is 0 Å². The van der Waals surface area contributed by atoms with Crippen molar-refractivity contribution in [3.63, 3.8) is 0 Å². The van der Waals surface area contributed by atoms with Crippen LogP contribution in [-0.4, -0.2) is 9.97 Å². The average Bonchev–Trinajstić information content (AvgIpc) is 2.38. The topological polar surface area (TPSA) is 61.6 Å². The Bertz CT molecular complexity index is 679. The Morgan fingerprint density at radius 3 is 2.75 bits per heavy atom. The highest BCUT2D eigenvalue weighted by Gasteiger charge is 2.11. The molecule has 2 rings (SSSR count). The summed E-state index contributed by atoms with van der Waals surface area (Å²) in [7, 11) is 0. The molecular formula is C14H12ClFN4. The molecule has 0 saturated carbocycles. The van der Waals surface area contributed by atoms with Gasteiger partial charge in [0.25, 0.3) is 0 Å². The molecule has 0 unspecified atom stereocenters. The summed E-state index contributed by atoms with van der Waals surface area (Å²) in [5.74, 6) is 0.532. The molecule has 0 aliphatic heterocycles. The summed E-state index contributed by atoms with van der Waals surface area (Å²) in [6.07, 6.45) is 0. The third-order valence-electron chi connectivity index (χ3n) is 2.62. The van der Waals surface area contributed by atoms with Crippen molar-refractivity contribution in [3.05, 3.63) is 46.6 Å². The lowest BCUT2D eigenvalue weighted by atomic mass is 10.2. The molecule has 20 heavy (non-hydrogen) atoms. The van der Waals surface area contributed by atoms with E-state index < -0.39 is 5.82 Å². The van der Waals surface area contributed by atoms with E-state index in [0.717, 1.165) is 0 Å². The highest BCUT2D eigenvalue weighted by Crippen LogP contribution is 2.24. The maximum atomic E-state index is 13.5. The van der Waals surface area contributed by atoms with Gasteiger partial charge in [-0.2, -0.15) is 5.26 Å². The van der Waals surface area contributed by atoms with Gasteiger partial charge in [0, 0.05) is 12.0 Å². The van der Waals surface area contributed by atoms with Crippen LogP contribution in [0.15, 0.2) is 24.3 Å². The fraction of sp³-hybridized carbons (Fsp3) is 0.214. The van der Waals surface area contributed by atoms with Crippen LogP contribution >= 0.6 is 11.6 Å². The van der Waals surface area contributed by atoms with Gasteiger partial charge in [0.15, 0.2) is 0 Å². The minimum absolute atomic E-state index is 0.0617. The summed E-state index contributed by atoms with van der Waals surface area (Å²) >= 11 is 5.94. The van der Waals surface area contributed by atoms with Crippen LogP contribution in [0, 0.1) is 17.1 Å². The zero-order chi connectivity index (χ0) is 14.7. The first-order valence-electron chi connectivity index (χ1n) is 6.01. The Morgan fingerprint density at radius 2 is 2.10 bits per heavy atom. The van der Waals surface area contributed by atoms with E-state index in [4.69, 9.17) is 16.9 Å². The van der Waals surface area contributed by atoms with Gasteiger partial charge < -0.3 is 5.32 Å². The van der Waals surface area contributed by atoms with Gasteiger partial charge in [-0.1, -0.05) is 31.5 Å². The normalized spacial score (nSPS) is 10.4. The molecule has 0 atom stereocenters. The van der Waals surface area contributed by atoms with Gasteiger partial charge in [0.05, 0.1) is 5.69 Å². The van der Waals surface area contributed by atoms with E-state index in [-0.39, 0.29) is 11.5 Å². The molecule has 0 saturated heterocycles. The Hall–Kier alpha value is -2.19. The predicted molar refractivity (Wildman–Crippen MR) is 75.5 cm³/mol. The largest absolute Gasteiger partial charge is 0.339 e. The second kappa shape index (κ2) is 5.85. The molecule has 0 spiro atoms. The minimum atomic E-state index is -0.582. The molecule has 2 aromatic rings. The molecule has 0 amide bonds. The van der Waals surface area contributed by atoms with Crippen molar-refractivity contribution in [2.45, 2.75) is 19.8 Å². The predicted octanol–water partition coefficient (Wildman–Crippen LogP) is 4.01. The molecule has 0 aliphatic rings. The van der Waals surface area contributed by atoms with Gasteiger partial charge >= 0.3 is 0 Å². The van der Waals surface area contributed by atoms with E-state index in [1.807, 2.05) is 19.9 Å². The standard InChI is InChI=1S/C14H12ClFN4/c1-8(2)14-19-12(15)6-13(20-14)18-11-5-3-4-10(16)9(11)7-17/h3-6,8H,1-2H3,(H,18,19,20). The van der Waals surface area contributed by atoms with E-state index in [1.54, 1.807) is 6.07 Å². The number of halogens is 2. The molecule has 4 nitrogen and oxygen atoms in total. The van der Waals surface area contributed by atoms with Crippen LogP contribution in [0.4, 0.5) is 15.9 Å². The first kappa shape index (κ1) is 14.2. The maximum absolute atomic E-state index is 13.5. The van der Waals surface area contributed by atoms with Crippen LogP contribution in [0.1, 0.15) is 31.2 Å². The number of hydrogen-bond acceptors (Lipinski definition) is 4. The van der Waals surface area contributed by atoms with Crippen LogP contribution in [0.3, 0.4) is 0 Å². The fourth-order valence-electron chi connectivity index (χ4n) is 1.64. The lowest BCUT2D eigenvalue weighted by Gasteiger charge is -2.10. The molecule has 0 fully saturated rings. The number of anilines is 2.